The molecule has 1 fully saturated rings. The third-order valence-electron chi connectivity index (χ3n) is 4.98. The lowest BCUT2D eigenvalue weighted by atomic mass is 9.84. The number of hydrogen-bond acceptors (Lipinski definition) is 2. The average molecular weight is 246 g/mol. The van der Waals surface area contributed by atoms with Gasteiger partial charge < -0.3 is 10.6 Å². The Kier molecular flexibility index (Phi) is 3.79. The van der Waals surface area contributed by atoms with Crippen LogP contribution in [0.1, 0.15) is 38.2 Å². The van der Waals surface area contributed by atoms with Crippen LogP contribution in [-0.4, -0.2) is 30.6 Å². The van der Waals surface area contributed by atoms with Crippen LogP contribution in [0.5, 0.6) is 0 Å². The molecule has 1 aromatic carbocycles. The molecule has 1 aliphatic carbocycles. The Labute approximate surface area is 111 Å². The second-order valence-corrected chi connectivity index (χ2v) is 6.05. The molecule has 0 aliphatic heterocycles. The zero-order valence-corrected chi connectivity index (χ0v) is 12.1. The first-order valence-corrected chi connectivity index (χ1v) is 6.98. The molecule has 2 heteroatoms. The highest BCUT2D eigenvalue weighted by molar-refractivity contribution is 5.27. The number of hydrogen-bond donors (Lipinski definition) is 1. The molecule has 1 aliphatic rings. The van der Waals surface area contributed by atoms with Crippen molar-refractivity contribution in [2.75, 3.05) is 14.1 Å². The first-order chi connectivity index (χ1) is 8.50. The van der Waals surface area contributed by atoms with Crippen molar-refractivity contribution in [2.45, 2.75) is 44.2 Å². The van der Waals surface area contributed by atoms with E-state index in [9.17, 15) is 0 Å². The zero-order chi connectivity index (χ0) is 13.3. The van der Waals surface area contributed by atoms with Crippen LogP contribution in [0.15, 0.2) is 30.3 Å². The Morgan fingerprint density at radius 3 is 2.44 bits per heavy atom. The third kappa shape index (κ3) is 2.32. The molecule has 2 rings (SSSR count). The molecule has 0 spiro atoms. The van der Waals surface area contributed by atoms with Gasteiger partial charge in [-0.1, -0.05) is 37.3 Å². The van der Waals surface area contributed by atoms with Crippen LogP contribution in [0.25, 0.3) is 0 Å². The quantitative estimate of drug-likeness (QED) is 0.865. The van der Waals surface area contributed by atoms with Gasteiger partial charge in [-0.05, 0) is 51.3 Å². The number of nitrogens with zero attached hydrogens (tertiary/aromatic N) is 1. The molecule has 4 atom stereocenters. The summed E-state index contributed by atoms with van der Waals surface area (Å²) < 4.78 is 0. The summed E-state index contributed by atoms with van der Waals surface area (Å²) in [5.41, 5.74) is 8.11. The SMILES string of the molecule is CCC(C)(C(N)C1CC1c1ccccc1)N(C)C. The molecule has 0 radical (unpaired) electrons. The fourth-order valence-corrected chi connectivity index (χ4v) is 3.01. The van der Waals surface area contributed by atoms with Gasteiger partial charge in [0.1, 0.15) is 0 Å². The number of rotatable bonds is 5. The van der Waals surface area contributed by atoms with Gasteiger partial charge in [0.15, 0.2) is 0 Å². The summed E-state index contributed by atoms with van der Waals surface area (Å²) in [4.78, 5) is 2.29. The summed E-state index contributed by atoms with van der Waals surface area (Å²) in [6.45, 7) is 4.53. The fraction of sp³-hybridized carbons (Fsp3) is 0.625. The Morgan fingerprint density at radius 1 is 1.33 bits per heavy atom. The summed E-state index contributed by atoms with van der Waals surface area (Å²) in [7, 11) is 4.28. The Morgan fingerprint density at radius 2 is 1.94 bits per heavy atom. The van der Waals surface area contributed by atoms with Crippen molar-refractivity contribution in [3.63, 3.8) is 0 Å². The van der Waals surface area contributed by atoms with Gasteiger partial charge in [-0.2, -0.15) is 0 Å². The predicted molar refractivity (Wildman–Crippen MR) is 77.6 cm³/mol. The van der Waals surface area contributed by atoms with Crippen LogP contribution < -0.4 is 5.73 Å². The molecule has 1 aromatic rings. The molecule has 2 nitrogen and oxygen atoms in total. The minimum atomic E-state index is 0.105. The van der Waals surface area contributed by atoms with E-state index in [1.165, 1.54) is 12.0 Å². The van der Waals surface area contributed by atoms with E-state index in [4.69, 9.17) is 5.73 Å². The molecule has 4 unspecified atom stereocenters. The second kappa shape index (κ2) is 5.02. The topological polar surface area (TPSA) is 29.3 Å². The molecule has 0 bridgehead atoms. The van der Waals surface area contributed by atoms with Gasteiger partial charge >= 0.3 is 0 Å². The smallest absolute Gasteiger partial charge is 0.0326 e. The molecule has 18 heavy (non-hydrogen) atoms. The van der Waals surface area contributed by atoms with Gasteiger partial charge in [0.25, 0.3) is 0 Å². The van der Waals surface area contributed by atoms with E-state index in [0.29, 0.717) is 11.8 Å². The zero-order valence-electron chi connectivity index (χ0n) is 12.1. The van der Waals surface area contributed by atoms with Gasteiger partial charge in [-0.25, -0.2) is 0 Å². The van der Waals surface area contributed by atoms with Gasteiger partial charge in [0.2, 0.25) is 0 Å². The molecule has 0 saturated heterocycles. The molecule has 0 heterocycles. The first-order valence-electron chi connectivity index (χ1n) is 6.98. The summed E-state index contributed by atoms with van der Waals surface area (Å²) in [5.74, 6) is 1.31. The van der Waals surface area contributed by atoms with Crippen LogP contribution in [0.4, 0.5) is 0 Å². The van der Waals surface area contributed by atoms with Crippen LogP contribution in [-0.2, 0) is 0 Å². The van der Waals surface area contributed by atoms with Crippen molar-refractivity contribution in [3.05, 3.63) is 35.9 Å². The summed E-state index contributed by atoms with van der Waals surface area (Å²) in [6, 6.07) is 11.0. The number of nitrogens with two attached hydrogens (primary N) is 1. The third-order valence-corrected chi connectivity index (χ3v) is 4.98. The normalized spacial score (nSPS) is 27.9. The van der Waals surface area contributed by atoms with E-state index in [-0.39, 0.29) is 11.6 Å². The molecular formula is C16H26N2. The van der Waals surface area contributed by atoms with E-state index in [2.05, 4.69) is 63.2 Å². The van der Waals surface area contributed by atoms with E-state index in [1.54, 1.807) is 0 Å². The lowest BCUT2D eigenvalue weighted by Gasteiger charge is -2.41. The van der Waals surface area contributed by atoms with Crippen molar-refractivity contribution in [1.82, 2.24) is 4.90 Å². The molecular weight excluding hydrogens is 220 g/mol. The highest BCUT2D eigenvalue weighted by Crippen LogP contribution is 2.51. The maximum Gasteiger partial charge on any atom is 0.0326 e. The minimum Gasteiger partial charge on any atom is -0.326 e. The van der Waals surface area contributed by atoms with Crippen LogP contribution in [0.2, 0.25) is 0 Å². The number of likely N-dealkylation sites (N-methyl/N-ethyl adjacent to an activating group) is 1. The fourth-order valence-electron chi connectivity index (χ4n) is 3.01. The highest BCUT2D eigenvalue weighted by Gasteiger charge is 2.49. The lowest BCUT2D eigenvalue weighted by molar-refractivity contribution is 0.120. The first kappa shape index (κ1) is 13.6. The summed E-state index contributed by atoms with van der Waals surface area (Å²) in [6.07, 6.45) is 2.34. The molecule has 0 aromatic heterocycles. The van der Waals surface area contributed by atoms with Crippen LogP contribution in [0, 0.1) is 5.92 Å². The molecule has 0 amide bonds. The highest BCUT2D eigenvalue weighted by atomic mass is 15.2. The largest absolute Gasteiger partial charge is 0.326 e. The minimum absolute atomic E-state index is 0.105. The monoisotopic (exact) mass is 246 g/mol. The standard InChI is InChI=1S/C16H26N2/c1-5-16(2,18(3)4)15(17)14-11-13(14)12-9-7-6-8-10-12/h6-10,13-15H,5,11,17H2,1-4H3. The molecule has 2 N–H and O–H groups in total. The Hall–Kier alpha value is -0.860. The van der Waals surface area contributed by atoms with Crippen molar-refractivity contribution >= 4 is 0 Å². The van der Waals surface area contributed by atoms with Gasteiger partial charge in [0, 0.05) is 11.6 Å². The maximum absolute atomic E-state index is 6.56. The molecule has 100 valence electrons. The predicted octanol–water partition coefficient (Wildman–Crippen LogP) is 2.85. The van der Waals surface area contributed by atoms with E-state index in [0.717, 1.165) is 6.42 Å². The molecule has 1 saturated carbocycles. The van der Waals surface area contributed by atoms with Crippen LogP contribution >= 0.6 is 0 Å². The summed E-state index contributed by atoms with van der Waals surface area (Å²) in [5, 5.41) is 0. The van der Waals surface area contributed by atoms with E-state index in [1.807, 2.05) is 0 Å². The summed E-state index contributed by atoms with van der Waals surface area (Å²) >= 11 is 0. The number of benzene rings is 1. The average Bonchev–Trinajstić information content (AvgIpc) is 3.18. The van der Waals surface area contributed by atoms with E-state index < -0.39 is 0 Å². The second-order valence-electron chi connectivity index (χ2n) is 6.05. The van der Waals surface area contributed by atoms with E-state index >= 15 is 0 Å². The van der Waals surface area contributed by atoms with Gasteiger partial charge in [-0.15, -0.1) is 0 Å². The Bertz CT molecular complexity index is 387. The Balaban J connectivity index is 2.07. The lowest BCUT2D eigenvalue weighted by Crippen LogP contribution is -2.56. The van der Waals surface area contributed by atoms with Crippen molar-refractivity contribution in [2.24, 2.45) is 11.7 Å². The van der Waals surface area contributed by atoms with Crippen molar-refractivity contribution in [1.29, 1.82) is 0 Å². The van der Waals surface area contributed by atoms with Crippen LogP contribution in [0.3, 0.4) is 0 Å². The van der Waals surface area contributed by atoms with Gasteiger partial charge in [0.05, 0.1) is 0 Å². The van der Waals surface area contributed by atoms with Crippen molar-refractivity contribution in [3.8, 4) is 0 Å². The van der Waals surface area contributed by atoms with Gasteiger partial charge in [-0.3, -0.25) is 0 Å². The maximum atomic E-state index is 6.56. The van der Waals surface area contributed by atoms with Crippen molar-refractivity contribution < 1.29 is 0 Å².